The first kappa shape index (κ1) is 14.8. The summed E-state index contributed by atoms with van der Waals surface area (Å²) in [5, 5.41) is 5.43. The van der Waals surface area contributed by atoms with E-state index in [4.69, 9.17) is 4.74 Å². The lowest BCUT2D eigenvalue weighted by atomic mass is 10.1. The first-order valence-corrected chi connectivity index (χ1v) is 7.39. The molecule has 2 aliphatic heterocycles. The molecule has 2 heterocycles. The van der Waals surface area contributed by atoms with E-state index in [-0.39, 0.29) is 18.1 Å². The first-order chi connectivity index (χ1) is 10.6. The van der Waals surface area contributed by atoms with E-state index in [9.17, 15) is 14.0 Å². The van der Waals surface area contributed by atoms with Gasteiger partial charge in [-0.05, 0) is 12.1 Å². The van der Waals surface area contributed by atoms with E-state index in [2.05, 4.69) is 10.6 Å². The number of benzene rings is 1. The lowest BCUT2D eigenvalue weighted by molar-refractivity contribution is -0.138. The second-order valence-electron chi connectivity index (χ2n) is 5.41. The Morgan fingerprint density at radius 3 is 2.68 bits per heavy atom. The van der Waals surface area contributed by atoms with Crippen molar-refractivity contribution >= 4 is 17.5 Å². The van der Waals surface area contributed by atoms with E-state index >= 15 is 0 Å². The highest BCUT2D eigenvalue weighted by Crippen LogP contribution is 2.26. The third kappa shape index (κ3) is 3.19. The summed E-state index contributed by atoms with van der Waals surface area (Å²) in [6.07, 6.45) is -0.203. The number of carbonyl (C=O) groups excluding carboxylic acids is 2. The minimum Gasteiger partial charge on any atom is -0.480 e. The Morgan fingerprint density at radius 1 is 1.23 bits per heavy atom. The lowest BCUT2D eigenvalue weighted by Crippen LogP contribution is -2.46. The van der Waals surface area contributed by atoms with E-state index in [0.29, 0.717) is 17.9 Å². The molecule has 118 valence electrons. The highest BCUT2D eigenvalue weighted by Gasteiger charge is 2.28. The summed E-state index contributed by atoms with van der Waals surface area (Å²) in [6, 6.07) is 4.62. The lowest BCUT2D eigenvalue weighted by Gasteiger charge is -2.30. The molecule has 1 unspecified atom stereocenters. The molecule has 7 heteroatoms. The number of piperidine rings is 1. The van der Waals surface area contributed by atoms with Gasteiger partial charge in [-0.15, -0.1) is 0 Å². The Bertz CT molecular complexity index is 587. The number of imide groups is 1. The SMILES string of the molecule is O=C1CCC(Oc2ccc(N3CCNCC3)c(F)c2)C(=O)N1. The number of rotatable bonds is 3. The van der Waals surface area contributed by atoms with Gasteiger partial charge in [-0.1, -0.05) is 0 Å². The summed E-state index contributed by atoms with van der Waals surface area (Å²) < 4.78 is 19.8. The molecule has 3 rings (SSSR count). The van der Waals surface area contributed by atoms with Crippen LogP contribution in [0, 0.1) is 5.82 Å². The van der Waals surface area contributed by atoms with E-state index in [0.717, 1.165) is 26.2 Å². The van der Waals surface area contributed by atoms with Gasteiger partial charge >= 0.3 is 0 Å². The van der Waals surface area contributed by atoms with Crippen molar-refractivity contribution in [3.8, 4) is 5.75 Å². The van der Waals surface area contributed by atoms with Crippen molar-refractivity contribution < 1.29 is 18.7 Å². The molecule has 0 bridgehead atoms. The van der Waals surface area contributed by atoms with Crippen LogP contribution in [0.15, 0.2) is 18.2 Å². The normalized spacial score (nSPS) is 22.4. The molecule has 0 aromatic heterocycles. The van der Waals surface area contributed by atoms with Gasteiger partial charge in [-0.3, -0.25) is 14.9 Å². The van der Waals surface area contributed by atoms with Gasteiger partial charge in [-0.2, -0.15) is 0 Å². The molecule has 1 atom stereocenters. The van der Waals surface area contributed by atoms with Gasteiger partial charge < -0.3 is 15.0 Å². The van der Waals surface area contributed by atoms with Crippen LogP contribution in [0.1, 0.15) is 12.8 Å². The number of piperazine rings is 1. The fourth-order valence-corrected chi connectivity index (χ4v) is 2.67. The number of nitrogens with one attached hydrogen (secondary N) is 2. The van der Waals surface area contributed by atoms with Crippen LogP contribution >= 0.6 is 0 Å². The number of anilines is 1. The highest BCUT2D eigenvalue weighted by molar-refractivity contribution is 5.99. The molecule has 2 amide bonds. The Kier molecular flexibility index (Phi) is 4.24. The topological polar surface area (TPSA) is 70.7 Å². The summed E-state index contributed by atoms with van der Waals surface area (Å²) >= 11 is 0. The predicted molar refractivity (Wildman–Crippen MR) is 78.3 cm³/mol. The maximum atomic E-state index is 14.3. The van der Waals surface area contributed by atoms with Crippen LogP contribution in [0.3, 0.4) is 0 Å². The summed E-state index contributed by atoms with van der Waals surface area (Å²) in [6.45, 7) is 3.16. The Hall–Kier alpha value is -2.15. The molecular formula is C15H18FN3O3. The van der Waals surface area contributed by atoms with Gasteiger partial charge in [0.25, 0.3) is 5.91 Å². The molecule has 0 saturated carbocycles. The Labute approximate surface area is 127 Å². The molecule has 2 fully saturated rings. The van der Waals surface area contributed by atoms with Crippen molar-refractivity contribution in [3.63, 3.8) is 0 Å². The van der Waals surface area contributed by atoms with E-state index < -0.39 is 12.0 Å². The van der Waals surface area contributed by atoms with Gasteiger partial charge in [0.2, 0.25) is 5.91 Å². The molecule has 6 nitrogen and oxygen atoms in total. The average molecular weight is 307 g/mol. The number of nitrogens with zero attached hydrogens (tertiary/aromatic N) is 1. The highest BCUT2D eigenvalue weighted by atomic mass is 19.1. The molecule has 2 saturated heterocycles. The number of hydrogen-bond acceptors (Lipinski definition) is 5. The number of carbonyl (C=O) groups is 2. The molecule has 0 radical (unpaired) electrons. The molecule has 1 aromatic carbocycles. The van der Waals surface area contributed by atoms with Gasteiger partial charge in [0.05, 0.1) is 5.69 Å². The van der Waals surface area contributed by atoms with Crippen LogP contribution < -0.4 is 20.3 Å². The average Bonchev–Trinajstić information content (AvgIpc) is 2.51. The first-order valence-electron chi connectivity index (χ1n) is 7.39. The Balaban J connectivity index is 1.69. The summed E-state index contributed by atoms with van der Waals surface area (Å²) in [7, 11) is 0. The summed E-state index contributed by atoms with van der Waals surface area (Å²) in [5.41, 5.74) is 0.539. The monoisotopic (exact) mass is 307 g/mol. The summed E-state index contributed by atoms with van der Waals surface area (Å²) in [4.78, 5) is 24.7. The van der Waals surface area contributed by atoms with Crippen molar-refractivity contribution in [3.05, 3.63) is 24.0 Å². The second-order valence-corrected chi connectivity index (χ2v) is 5.41. The van der Waals surface area contributed by atoms with E-state index in [1.807, 2.05) is 4.90 Å². The standard InChI is InChI=1S/C15H18FN3O3/c16-11-9-10(22-13-3-4-14(20)18-15(13)21)1-2-12(11)19-7-5-17-6-8-19/h1-2,9,13,17H,3-8H2,(H,18,20,21). The van der Waals surface area contributed by atoms with Crippen LogP contribution in [0.4, 0.5) is 10.1 Å². The smallest absolute Gasteiger partial charge is 0.267 e. The van der Waals surface area contributed by atoms with E-state index in [1.165, 1.54) is 6.07 Å². The fraction of sp³-hybridized carbons (Fsp3) is 0.467. The van der Waals surface area contributed by atoms with Crippen molar-refractivity contribution in [1.82, 2.24) is 10.6 Å². The van der Waals surface area contributed by atoms with Crippen molar-refractivity contribution in [2.45, 2.75) is 18.9 Å². The van der Waals surface area contributed by atoms with Crippen LogP contribution in [0.25, 0.3) is 0 Å². The molecular weight excluding hydrogens is 289 g/mol. The fourth-order valence-electron chi connectivity index (χ4n) is 2.67. The molecule has 1 aromatic rings. The number of hydrogen-bond donors (Lipinski definition) is 2. The molecule has 22 heavy (non-hydrogen) atoms. The second kappa shape index (κ2) is 6.31. The van der Waals surface area contributed by atoms with Crippen molar-refractivity contribution in [2.75, 3.05) is 31.1 Å². The third-order valence-electron chi connectivity index (χ3n) is 3.84. The minimum absolute atomic E-state index is 0.234. The van der Waals surface area contributed by atoms with Crippen molar-refractivity contribution in [2.24, 2.45) is 0 Å². The maximum absolute atomic E-state index is 14.3. The number of ether oxygens (including phenoxy) is 1. The zero-order chi connectivity index (χ0) is 15.5. The van der Waals surface area contributed by atoms with Gasteiger partial charge in [0.15, 0.2) is 6.10 Å². The number of amides is 2. The molecule has 2 aliphatic rings. The molecule has 0 aliphatic carbocycles. The van der Waals surface area contributed by atoms with Crippen LogP contribution in [-0.2, 0) is 9.59 Å². The zero-order valence-corrected chi connectivity index (χ0v) is 12.1. The predicted octanol–water partition coefficient (Wildman–Crippen LogP) is 0.419. The van der Waals surface area contributed by atoms with Gasteiger partial charge in [0, 0.05) is 45.1 Å². The third-order valence-corrected chi connectivity index (χ3v) is 3.84. The maximum Gasteiger partial charge on any atom is 0.267 e. The van der Waals surface area contributed by atoms with Gasteiger partial charge in [-0.25, -0.2) is 4.39 Å². The molecule has 2 N–H and O–H groups in total. The molecule has 0 spiro atoms. The Morgan fingerprint density at radius 2 is 2.00 bits per heavy atom. The minimum atomic E-state index is -0.748. The van der Waals surface area contributed by atoms with Gasteiger partial charge in [0.1, 0.15) is 11.6 Å². The zero-order valence-electron chi connectivity index (χ0n) is 12.1. The van der Waals surface area contributed by atoms with Crippen LogP contribution in [-0.4, -0.2) is 44.1 Å². The summed E-state index contributed by atoms with van der Waals surface area (Å²) in [5.74, 6) is -0.842. The van der Waals surface area contributed by atoms with E-state index in [1.54, 1.807) is 12.1 Å². The largest absolute Gasteiger partial charge is 0.480 e. The van der Waals surface area contributed by atoms with Crippen molar-refractivity contribution in [1.29, 1.82) is 0 Å². The van der Waals surface area contributed by atoms with Crippen LogP contribution in [0.2, 0.25) is 0 Å². The van der Waals surface area contributed by atoms with Crippen LogP contribution in [0.5, 0.6) is 5.75 Å². The number of halogens is 1. The quantitative estimate of drug-likeness (QED) is 0.792.